The largest absolute Gasteiger partial charge is 0.378 e. The molecule has 198 valence electrons. The molecule has 2 N–H and O–H groups in total. The number of ether oxygens (including phenoxy) is 1. The molecule has 2 saturated heterocycles. The van der Waals surface area contributed by atoms with Crippen LogP contribution in [-0.4, -0.2) is 77.9 Å². The number of carbonyl (C=O) groups is 2. The highest BCUT2D eigenvalue weighted by Gasteiger charge is 2.23. The number of para-hydroxylation sites is 1. The van der Waals surface area contributed by atoms with Gasteiger partial charge in [0, 0.05) is 43.4 Å². The predicted octanol–water partition coefficient (Wildman–Crippen LogP) is 2.69. The van der Waals surface area contributed by atoms with Crippen molar-refractivity contribution in [2.75, 3.05) is 61.1 Å². The van der Waals surface area contributed by atoms with Crippen LogP contribution >= 0.6 is 11.3 Å². The van der Waals surface area contributed by atoms with Crippen LogP contribution in [0.4, 0.5) is 16.6 Å². The summed E-state index contributed by atoms with van der Waals surface area (Å²) < 4.78 is 5.44. The molecule has 39 heavy (non-hydrogen) atoms. The summed E-state index contributed by atoms with van der Waals surface area (Å²) in [4.78, 5) is 38.9. The first-order valence-corrected chi connectivity index (χ1v) is 13.5. The van der Waals surface area contributed by atoms with Crippen molar-refractivity contribution in [3.05, 3.63) is 66.4 Å². The number of carbonyl (C=O) groups excluding carboxylic acids is 2. The van der Waals surface area contributed by atoms with Gasteiger partial charge in [0.25, 0.3) is 5.91 Å². The number of piperazine rings is 1. The fraction of sp³-hybridized carbons (Fsp3) is 0.259. The number of morpholine rings is 1. The first kappa shape index (κ1) is 24.9. The van der Waals surface area contributed by atoms with E-state index in [0.29, 0.717) is 48.6 Å². The lowest BCUT2D eigenvalue weighted by Crippen LogP contribution is -2.48. The van der Waals surface area contributed by atoms with Gasteiger partial charge < -0.3 is 25.2 Å². The topological polar surface area (TPSA) is 125 Å². The number of hydrogen-bond donors (Lipinski definition) is 2. The van der Waals surface area contributed by atoms with Crippen molar-refractivity contribution in [1.82, 2.24) is 25.5 Å². The van der Waals surface area contributed by atoms with E-state index in [1.165, 1.54) is 11.3 Å². The Labute approximate surface area is 228 Å². The van der Waals surface area contributed by atoms with Gasteiger partial charge in [-0.15, -0.1) is 10.2 Å². The zero-order valence-electron chi connectivity index (χ0n) is 21.0. The maximum atomic E-state index is 13.6. The molecule has 2 amide bonds. The van der Waals surface area contributed by atoms with E-state index < -0.39 is 0 Å². The summed E-state index contributed by atoms with van der Waals surface area (Å²) in [5, 5.41) is 16.1. The molecule has 0 atom stereocenters. The average molecular weight is 543 g/mol. The van der Waals surface area contributed by atoms with E-state index in [2.05, 4.69) is 35.7 Å². The Hall–Kier alpha value is -4.42. The van der Waals surface area contributed by atoms with Gasteiger partial charge in [-0.3, -0.25) is 9.59 Å². The third kappa shape index (κ3) is 5.56. The lowest BCUT2D eigenvalue weighted by atomic mass is 10.1. The summed E-state index contributed by atoms with van der Waals surface area (Å²) in [6.45, 7) is 4.12. The first-order valence-electron chi connectivity index (χ1n) is 12.7. The van der Waals surface area contributed by atoms with Crippen LogP contribution in [0.2, 0.25) is 0 Å². The molecule has 6 rings (SSSR count). The molecule has 4 aromatic rings. The number of benzene rings is 2. The Morgan fingerprint density at radius 1 is 0.949 bits per heavy atom. The summed E-state index contributed by atoms with van der Waals surface area (Å²) in [5.74, 6) is 0.463. The van der Waals surface area contributed by atoms with E-state index in [9.17, 15) is 9.59 Å². The number of nitrogens with one attached hydrogen (secondary N) is 2. The van der Waals surface area contributed by atoms with E-state index in [0.717, 1.165) is 29.3 Å². The molecule has 12 heteroatoms. The van der Waals surface area contributed by atoms with E-state index in [1.54, 1.807) is 6.07 Å². The van der Waals surface area contributed by atoms with Crippen LogP contribution in [0.25, 0.3) is 22.0 Å². The van der Waals surface area contributed by atoms with Crippen molar-refractivity contribution in [1.29, 1.82) is 0 Å². The fourth-order valence-electron chi connectivity index (χ4n) is 4.43. The number of rotatable bonds is 6. The van der Waals surface area contributed by atoms with Crippen molar-refractivity contribution in [3.8, 4) is 22.0 Å². The monoisotopic (exact) mass is 542 g/mol. The molecule has 11 nitrogen and oxygen atoms in total. The molecule has 0 spiro atoms. The standard InChI is InChI=1S/C27H26N8O3S/c36-23-17-35(11-10-28-23)22-16-21(29-24(31-22)18-6-2-1-3-7-18)25(37)30-20-9-5-4-8-19(20)26-32-33-27(39-26)34-12-14-38-15-13-34/h1-9,16H,10-15,17H2,(H,28,36)(H,30,37). The molecular formula is C27H26N8O3S. The van der Waals surface area contributed by atoms with E-state index in [-0.39, 0.29) is 24.1 Å². The van der Waals surface area contributed by atoms with Gasteiger partial charge in [-0.25, -0.2) is 9.97 Å². The maximum Gasteiger partial charge on any atom is 0.274 e. The van der Waals surface area contributed by atoms with Gasteiger partial charge in [-0.2, -0.15) is 0 Å². The number of aromatic nitrogens is 4. The molecule has 4 heterocycles. The van der Waals surface area contributed by atoms with Crippen LogP contribution < -0.4 is 20.4 Å². The normalized spacial score (nSPS) is 15.6. The summed E-state index contributed by atoms with van der Waals surface area (Å²) >= 11 is 1.48. The fourth-order valence-corrected chi connectivity index (χ4v) is 5.37. The highest BCUT2D eigenvalue weighted by Crippen LogP contribution is 2.34. The van der Waals surface area contributed by atoms with Crippen LogP contribution in [0.15, 0.2) is 60.7 Å². The van der Waals surface area contributed by atoms with Crippen molar-refractivity contribution < 1.29 is 14.3 Å². The minimum Gasteiger partial charge on any atom is -0.378 e. The van der Waals surface area contributed by atoms with Gasteiger partial charge in [0.2, 0.25) is 11.0 Å². The maximum absolute atomic E-state index is 13.6. The number of hydrogen-bond acceptors (Lipinski definition) is 10. The van der Waals surface area contributed by atoms with Crippen LogP contribution in [0.3, 0.4) is 0 Å². The van der Waals surface area contributed by atoms with Gasteiger partial charge >= 0.3 is 0 Å². The minimum atomic E-state index is -0.386. The summed E-state index contributed by atoms with van der Waals surface area (Å²) in [7, 11) is 0. The lowest BCUT2D eigenvalue weighted by Gasteiger charge is -2.28. The van der Waals surface area contributed by atoms with Crippen LogP contribution in [0.1, 0.15) is 10.5 Å². The van der Waals surface area contributed by atoms with Gasteiger partial charge in [0.1, 0.15) is 11.5 Å². The second-order valence-corrected chi connectivity index (χ2v) is 10.0. The molecule has 0 aliphatic carbocycles. The number of anilines is 3. The van der Waals surface area contributed by atoms with Crippen LogP contribution in [0.5, 0.6) is 0 Å². The SMILES string of the molecule is O=C1CN(c2cc(C(=O)Nc3ccccc3-c3nnc(N4CCOCC4)s3)nc(-c3ccccc3)n2)CCN1. The molecule has 0 saturated carbocycles. The van der Waals surface area contributed by atoms with Gasteiger partial charge in [-0.05, 0) is 12.1 Å². The lowest BCUT2D eigenvalue weighted by molar-refractivity contribution is -0.120. The third-order valence-corrected chi connectivity index (χ3v) is 7.46. The Bertz CT molecular complexity index is 1490. The van der Waals surface area contributed by atoms with Gasteiger partial charge in [0.05, 0.1) is 25.4 Å². The Morgan fingerprint density at radius 3 is 2.56 bits per heavy atom. The second kappa shape index (κ2) is 11.1. The number of amides is 2. The highest BCUT2D eigenvalue weighted by atomic mass is 32.1. The molecule has 2 fully saturated rings. The smallest absolute Gasteiger partial charge is 0.274 e. The van der Waals surface area contributed by atoms with E-state index in [4.69, 9.17) is 4.74 Å². The predicted molar refractivity (Wildman–Crippen MR) is 149 cm³/mol. The summed E-state index contributed by atoms with van der Waals surface area (Å²) in [6, 6.07) is 18.6. The first-order chi connectivity index (χ1) is 19.1. The minimum absolute atomic E-state index is 0.0884. The second-order valence-electron chi connectivity index (χ2n) is 9.06. The van der Waals surface area contributed by atoms with Gasteiger partial charge in [0.15, 0.2) is 10.8 Å². The third-order valence-electron chi connectivity index (χ3n) is 6.44. The van der Waals surface area contributed by atoms with Crippen LogP contribution in [0, 0.1) is 0 Å². The van der Waals surface area contributed by atoms with Gasteiger partial charge in [-0.1, -0.05) is 53.8 Å². The molecular weight excluding hydrogens is 516 g/mol. The summed E-state index contributed by atoms with van der Waals surface area (Å²) in [6.07, 6.45) is 0. The van der Waals surface area contributed by atoms with Crippen molar-refractivity contribution in [2.24, 2.45) is 0 Å². The molecule has 2 aromatic carbocycles. The van der Waals surface area contributed by atoms with Crippen molar-refractivity contribution in [3.63, 3.8) is 0 Å². The Balaban J connectivity index is 1.30. The highest BCUT2D eigenvalue weighted by molar-refractivity contribution is 7.18. The molecule has 2 aromatic heterocycles. The molecule has 0 bridgehead atoms. The zero-order chi connectivity index (χ0) is 26.6. The molecule has 0 unspecified atom stereocenters. The number of nitrogens with zero attached hydrogens (tertiary/aromatic N) is 6. The van der Waals surface area contributed by atoms with Crippen LogP contribution in [-0.2, 0) is 9.53 Å². The van der Waals surface area contributed by atoms with Crippen molar-refractivity contribution >= 4 is 39.8 Å². The molecule has 2 aliphatic heterocycles. The Morgan fingerprint density at radius 2 is 1.74 bits per heavy atom. The van der Waals surface area contributed by atoms with Crippen molar-refractivity contribution in [2.45, 2.75) is 0 Å². The molecule has 0 radical (unpaired) electrons. The zero-order valence-corrected chi connectivity index (χ0v) is 21.9. The van der Waals surface area contributed by atoms with E-state index in [1.807, 2.05) is 59.5 Å². The average Bonchev–Trinajstić information content (AvgIpc) is 3.48. The quantitative estimate of drug-likeness (QED) is 0.378. The Kier molecular flexibility index (Phi) is 7.11. The molecule has 2 aliphatic rings. The summed E-state index contributed by atoms with van der Waals surface area (Å²) in [5.41, 5.74) is 2.35. The van der Waals surface area contributed by atoms with E-state index >= 15 is 0 Å².